The molecule has 0 spiro atoms. The predicted molar refractivity (Wildman–Crippen MR) is 119 cm³/mol. The van der Waals surface area contributed by atoms with Crippen molar-refractivity contribution in [1.82, 2.24) is 9.80 Å². The first-order valence-electron chi connectivity index (χ1n) is 10.8. The second kappa shape index (κ2) is 10.2. The third kappa shape index (κ3) is 5.81. The topological polar surface area (TPSA) is 71.1 Å². The van der Waals surface area contributed by atoms with Gasteiger partial charge < -0.3 is 14.8 Å². The summed E-state index contributed by atoms with van der Waals surface area (Å²) in [5.41, 5.74) is 1.34. The zero-order valence-electron chi connectivity index (χ0n) is 18.8. The lowest BCUT2D eigenvalue weighted by atomic mass is 9.95. The molecule has 2 aliphatic heterocycles. The van der Waals surface area contributed by atoms with E-state index in [1.54, 1.807) is 0 Å². The second-order valence-corrected chi connectivity index (χ2v) is 9.95. The molecule has 1 aromatic rings. The summed E-state index contributed by atoms with van der Waals surface area (Å²) in [5.74, 6) is 0.200. The average molecular weight is 438 g/mol. The first-order valence-corrected chi connectivity index (χ1v) is 11.7. The van der Waals surface area contributed by atoms with Gasteiger partial charge in [0.2, 0.25) is 5.91 Å². The molecule has 1 amide bonds. The third-order valence-corrected chi connectivity index (χ3v) is 7.24. The van der Waals surface area contributed by atoms with Gasteiger partial charge in [-0.2, -0.15) is 0 Å². The number of carbonyl (C=O) groups excluding carboxylic acids is 2. The van der Waals surface area contributed by atoms with E-state index in [0.29, 0.717) is 35.2 Å². The summed E-state index contributed by atoms with van der Waals surface area (Å²) in [7, 11) is 1.36. The van der Waals surface area contributed by atoms with Crippen LogP contribution in [0, 0.1) is 19.8 Å². The van der Waals surface area contributed by atoms with E-state index in [1.165, 1.54) is 18.4 Å². The lowest BCUT2D eigenvalue weighted by Gasteiger charge is -2.39. The Morgan fingerprint density at radius 1 is 1.13 bits per heavy atom. The average Bonchev–Trinajstić information content (AvgIpc) is 2.95. The summed E-state index contributed by atoms with van der Waals surface area (Å²) in [6.45, 7) is 13.5. The minimum atomic E-state index is -0.403. The van der Waals surface area contributed by atoms with Crippen molar-refractivity contribution in [2.24, 2.45) is 5.92 Å². The zero-order valence-corrected chi connectivity index (χ0v) is 19.6. The Morgan fingerprint density at radius 3 is 2.37 bits per heavy atom. The highest BCUT2D eigenvalue weighted by Gasteiger charge is 2.28. The van der Waals surface area contributed by atoms with E-state index in [4.69, 9.17) is 9.47 Å². The number of morpholine rings is 1. The van der Waals surface area contributed by atoms with E-state index in [1.807, 2.05) is 13.8 Å². The zero-order chi connectivity index (χ0) is 21.8. The van der Waals surface area contributed by atoms with Gasteiger partial charge in [0.1, 0.15) is 5.00 Å². The minimum Gasteiger partial charge on any atom is -0.465 e. The summed E-state index contributed by atoms with van der Waals surface area (Å²) in [4.78, 5) is 30.5. The van der Waals surface area contributed by atoms with Gasteiger partial charge in [-0.3, -0.25) is 14.6 Å². The number of anilines is 1. The highest BCUT2D eigenvalue weighted by molar-refractivity contribution is 7.16. The summed E-state index contributed by atoms with van der Waals surface area (Å²) >= 11 is 1.43. The van der Waals surface area contributed by atoms with Gasteiger partial charge in [-0.1, -0.05) is 0 Å². The molecule has 0 bridgehead atoms. The number of rotatable bonds is 6. The molecule has 8 heteroatoms. The molecule has 7 nitrogen and oxygen atoms in total. The van der Waals surface area contributed by atoms with E-state index in [9.17, 15) is 9.59 Å². The predicted octanol–water partition coefficient (Wildman–Crippen LogP) is 2.91. The molecule has 0 radical (unpaired) electrons. The molecule has 1 aromatic heterocycles. The van der Waals surface area contributed by atoms with E-state index < -0.39 is 5.97 Å². The molecule has 2 atom stereocenters. The van der Waals surface area contributed by atoms with Crippen LogP contribution < -0.4 is 5.32 Å². The van der Waals surface area contributed by atoms with E-state index in [2.05, 4.69) is 29.0 Å². The fourth-order valence-corrected chi connectivity index (χ4v) is 5.62. The number of carbonyl (C=O) groups is 2. The second-order valence-electron chi connectivity index (χ2n) is 8.72. The normalized spacial score (nSPS) is 24.0. The van der Waals surface area contributed by atoms with Gasteiger partial charge in [0.05, 0.1) is 31.4 Å². The molecular formula is C22H35N3O4S. The fourth-order valence-electron chi connectivity index (χ4n) is 4.56. The van der Waals surface area contributed by atoms with Gasteiger partial charge in [0.25, 0.3) is 0 Å². The summed E-state index contributed by atoms with van der Waals surface area (Å²) in [6, 6.07) is 0. The fraction of sp³-hybridized carbons (Fsp3) is 0.727. The Kier molecular flexibility index (Phi) is 7.90. The first-order chi connectivity index (χ1) is 14.3. The number of nitrogens with zero attached hydrogens (tertiary/aromatic N) is 2. The van der Waals surface area contributed by atoms with E-state index in [0.717, 1.165) is 56.0 Å². The summed E-state index contributed by atoms with van der Waals surface area (Å²) in [6.07, 6.45) is 2.82. The van der Waals surface area contributed by atoms with Crippen molar-refractivity contribution in [2.75, 3.05) is 51.7 Å². The number of thiophene rings is 1. The van der Waals surface area contributed by atoms with Crippen molar-refractivity contribution in [2.45, 2.75) is 52.7 Å². The highest BCUT2D eigenvalue weighted by atomic mass is 32.1. The van der Waals surface area contributed by atoms with Crippen LogP contribution in [-0.2, 0) is 14.3 Å². The van der Waals surface area contributed by atoms with E-state index in [-0.39, 0.29) is 5.91 Å². The molecule has 3 rings (SSSR count). The van der Waals surface area contributed by atoms with E-state index >= 15 is 0 Å². The highest BCUT2D eigenvalue weighted by Crippen LogP contribution is 2.33. The molecule has 1 N–H and O–H groups in total. The Bertz CT molecular complexity index is 748. The molecule has 30 heavy (non-hydrogen) atoms. The van der Waals surface area contributed by atoms with Crippen LogP contribution in [0.5, 0.6) is 0 Å². The quantitative estimate of drug-likeness (QED) is 0.690. The number of nitrogens with one attached hydrogen (secondary N) is 1. The lowest BCUT2D eigenvalue weighted by molar-refractivity contribution is -0.117. The van der Waals surface area contributed by atoms with Gasteiger partial charge in [-0.05, 0) is 65.1 Å². The first kappa shape index (κ1) is 23.2. The van der Waals surface area contributed by atoms with Crippen molar-refractivity contribution >= 4 is 28.2 Å². The number of methoxy groups -OCH3 is 1. The van der Waals surface area contributed by atoms with Crippen molar-refractivity contribution in [3.05, 3.63) is 16.0 Å². The van der Waals surface area contributed by atoms with Gasteiger partial charge in [-0.25, -0.2) is 4.79 Å². The van der Waals surface area contributed by atoms with Crippen LogP contribution in [0.4, 0.5) is 5.00 Å². The monoisotopic (exact) mass is 437 g/mol. The number of hydrogen-bond acceptors (Lipinski definition) is 7. The van der Waals surface area contributed by atoms with Crippen LogP contribution in [0.3, 0.4) is 0 Å². The van der Waals surface area contributed by atoms with Crippen LogP contribution in [0.15, 0.2) is 0 Å². The van der Waals surface area contributed by atoms with Crippen LogP contribution >= 0.6 is 11.3 Å². The van der Waals surface area contributed by atoms with Crippen molar-refractivity contribution in [1.29, 1.82) is 0 Å². The summed E-state index contributed by atoms with van der Waals surface area (Å²) in [5, 5.41) is 3.53. The molecule has 3 heterocycles. The largest absolute Gasteiger partial charge is 0.465 e. The Morgan fingerprint density at radius 2 is 1.77 bits per heavy atom. The molecule has 2 fully saturated rings. The molecule has 0 aromatic carbocycles. The molecule has 0 saturated carbocycles. The number of amides is 1. The summed E-state index contributed by atoms with van der Waals surface area (Å²) < 4.78 is 10.7. The van der Waals surface area contributed by atoms with Gasteiger partial charge in [0.15, 0.2) is 0 Å². The van der Waals surface area contributed by atoms with Crippen LogP contribution in [-0.4, -0.2) is 80.3 Å². The standard InChI is InChI=1S/C22H35N3O4S/c1-14-10-25(11-15(2)29-14)12-18-6-8-24(9-7-18)13-19(26)23-21-20(22(27)28-5)16(3)17(4)30-21/h14-15,18H,6-13H2,1-5H3,(H,23,26). The number of likely N-dealkylation sites (tertiary alicyclic amines) is 1. The number of piperidine rings is 1. The maximum absolute atomic E-state index is 12.6. The number of esters is 1. The SMILES string of the molecule is COC(=O)c1c(NC(=O)CN2CCC(CN3CC(C)OC(C)C3)CC2)sc(C)c1C. The Balaban J connectivity index is 1.47. The van der Waals surface area contributed by atoms with Gasteiger partial charge in [-0.15, -0.1) is 11.3 Å². The van der Waals surface area contributed by atoms with Gasteiger partial charge in [0, 0.05) is 24.5 Å². The molecule has 2 aliphatic rings. The third-order valence-electron chi connectivity index (χ3n) is 6.11. The Hall–Kier alpha value is -1.48. The smallest absolute Gasteiger partial charge is 0.341 e. The number of ether oxygens (including phenoxy) is 2. The van der Waals surface area contributed by atoms with Crippen LogP contribution in [0.25, 0.3) is 0 Å². The van der Waals surface area contributed by atoms with Crippen LogP contribution in [0.2, 0.25) is 0 Å². The number of aryl methyl sites for hydroxylation is 1. The maximum atomic E-state index is 12.6. The number of hydrogen-bond donors (Lipinski definition) is 1. The molecule has 168 valence electrons. The minimum absolute atomic E-state index is 0.0734. The maximum Gasteiger partial charge on any atom is 0.341 e. The molecular weight excluding hydrogens is 402 g/mol. The van der Waals surface area contributed by atoms with Crippen LogP contribution in [0.1, 0.15) is 47.5 Å². The lowest BCUT2D eigenvalue weighted by Crippen LogP contribution is -2.48. The van der Waals surface area contributed by atoms with Crippen molar-refractivity contribution in [3.8, 4) is 0 Å². The molecule has 2 unspecified atom stereocenters. The van der Waals surface area contributed by atoms with Gasteiger partial charge >= 0.3 is 5.97 Å². The molecule has 0 aliphatic carbocycles. The van der Waals surface area contributed by atoms with Crippen molar-refractivity contribution in [3.63, 3.8) is 0 Å². The van der Waals surface area contributed by atoms with Crippen molar-refractivity contribution < 1.29 is 19.1 Å². The Labute approximate surface area is 183 Å². The molecule has 2 saturated heterocycles.